The molecule has 0 unspecified atom stereocenters. The van der Waals surface area contributed by atoms with E-state index < -0.39 is 17.9 Å². The summed E-state index contributed by atoms with van der Waals surface area (Å²) in [5.41, 5.74) is 2.62. The largest absolute Gasteiger partial charge is 0.493 e. The number of benzene rings is 2. The number of nitrogens with one attached hydrogen (secondary N) is 1. The van der Waals surface area contributed by atoms with Crippen LogP contribution in [0.1, 0.15) is 40.2 Å². The van der Waals surface area contributed by atoms with Gasteiger partial charge in [-0.3, -0.25) is 14.0 Å². The third-order valence-corrected chi connectivity index (χ3v) is 7.63. The van der Waals surface area contributed by atoms with Gasteiger partial charge in [-0.25, -0.2) is 4.98 Å². The van der Waals surface area contributed by atoms with E-state index in [9.17, 15) is 9.59 Å². The van der Waals surface area contributed by atoms with E-state index in [0.29, 0.717) is 54.6 Å². The number of imidazole rings is 1. The van der Waals surface area contributed by atoms with E-state index >= 15 is 4.39 Å². The van der Waals surface area contributed by atoms with Crippen molar-refractivity contribution < 1.29 is 28.2 Å². The lowest BCUT2D eigenvalue weighted by molar-refractivity contribution is -0.124. The highest BCUT2D eigenvalue weighted by Crippen LogP contribution is 2.33. The molecule has 212 valence electrons. The van der Waals surface area contributed by atoms with E-state index in [4.69, 9.17) is 14.2 Å². The third kappa shape index (κ3) is 5.47. The number of pyridine rings is 1. The second-order valence-corrected chi connectivity index (χ2v) is 10.4. The first kappa shape index (κ1) is 26.8. The molecule has 2 aromatic heterocycles. The molecule has 2 aliphatic heterocycles. The molecular formula is C31H31FN4O5. The second kappa shape index (κ2) is 11.2. The van der Waals surface area contributed by atoms with Gasteiger partial charge in [0.15, 0.2) is 17.2 Å². The lowest BCUT2D eigenvalue weighted by Crippen LogP contribution is -2.57. The van der Waals surface area contributed by atoms with Gasteiger partial charge in [0, 0.05) is 25.2 Å². The van der Waals surface area contributed by atoms with Crippen molar-refractivity contribution in [2.24, 2.45) is 0 Å². The Morgan fingerprint density at radius 1 is 1.10 bits per heavy atom. The fourth-order valence-electron chi connectivity index (χ4n) is 5.47. The van der Waals surface area contributed by atoms with Crippen molar-refractivity contribution >= 4 is 17.5 Å². The minimum atomic E-state index is -0.687. The first-order valence-electron chi connectivity index (χ1n) is 13.7. The maximum absolute atomic E-state index is 15.3. The summed E-state index contributed by atoms with van der Waals surface area (Å²) >= 11 is 0. The summed E-state index contributed by atoms with van der Waals surface area (Å²) < 4.78 is 34.5. The van der Waals surface area contributed by atoms with Crippen LogP contribution in [0.5, 0.6) is 17.2 Å². The predicted molar refractivity (Wildman–Crippen MR) is 149 cm³/mol. The molecule has 0 spiro atoms. The maximum Gasteiger partial charge on any atom is 0.277 e. The summed E-state index contributed by atoms with van der Waals surface area (Å²) in [7, 11) is 1.59. The molecular weight excluding hydrogens is 527 g/mol. The minimum Gasteiger partial charge on any atom is -0.493 e. The van der Waals surface area contributed by atoms with Crippen LogP contribution in [0.2, 0.25) is 0 Å². The van der Waals surface area contributed by atoms with Crippen molar-refractivity contribution in [2.45, 2.75) is 44.9 Å². The average Bonchev–Trinajstić information content (AvgIpc) is 3.32. The molecule has 10 heteroatoms. The SMILES string of the molecule is COc1ccc2cc1Oc1cccc(c1)CO[C@@H]1CCN(C(=O)c3nc4cccc(C)n4c3F)C[C@@H]1NC(=O)CC2. The fraction of sp³-hybridized carbons (Fsp3) is 0.323. The number of fused-ring (bicyclic) bond motifs is 6. The molecule has 1 N–H and O–H groups in total. The predicted octanol–water partition coefficient (Wildman–Crippen LogP) is 4.45. The average molecular weight is 559 g/mol. The van der Waals surface area contributed by atoms with E-state index in [1.54, 1.807) is 37.1 Å². The van der Waals surface area contributed by atoms with Crippen LogP contribution >= 0.6 is 0 Å². The topological polar surface area (TPSA) is 94.4 Å². The zero-order valence-electron chi connectivity index (χ0n) is 22.9. The van der Waals surface area contributed by atoms with Crippen molar-refractivity contribution in [3.63, 3.8) is 0 Å². The molecule has 9 nitrogen and oxygen atoms in total. The van der Waals surface area contributed by atoms with Gasteiger partial charge in [-0.15, -0.1) is 0 Å². The van der Waals surface area contributed by atoms with Gasteiger partial charge in [0.1, 0.15) is 11.4 Å². The fourth-order valence-corrected chi connectivity index (χ4v) is 5.47. The Morgan fingerprint density at radius 2 is 1.95 bits per heavy atom. The van der Waals surface area contributed by atoms with Gasteiger partial charge in [-0.2, -0.15) is 4.39 Å². The van der Waals surface area contributed by atoms with Gasteiger partial charge >= 0.3 is 0 Å². The van der Waals surface area contributed by atoms with Crippen molar-refractivity contribution in [3.05, 3.63) is 89.1 Å². The molecule has 2 atom stereocenters. The Bertz CT molecular complexity index is 1620. The van der Waals surface area contributed by atoms with Crippen molar-refractivity contribution in [2.75, 3.05) is 20.2 Å². The number of hydrogen-bond donors (Lipinski definition) is 1. The van der Waals surface area contributed by atoms with E-state index in [0.717, 1.165) is 11.1 Å². The lowest BCUT2D eigenvalue weighted by atomic mass is 10.0. The number of halogens is 1. The summed E-state index contributed by atoms with van der Waals surface area (Å²) in [6.45, 7) is 2.57. The van der Waals surface area contributed by atoms with Crippen molar-refractivity contribution in [3.8, 4) is 17.2 Å². The number of amides is 2. The Balaban J connectivity index is 1.26. The molecule has 41 heavy (non-hydrogen) atoms. The lowest BCUT2D eigenvalue weighted by Gasteiger charge is -2.38. The Morgan fingerprint density at radius 3 is 2.78 bits per heavy atom. The number of hydrogen-bond acceptors (Lipinski definition) is 6. The number of ether oxygens (including phenoxy) is 3. The molecule has 1 fully saturated rings. The number of rotatable bonds is 2. The molecule has 6 rings (SSSR count). The number of aromatic nitrogens is 2. The van der Waals surface area contributed by atoms with Gasteiger partial charge in [0.05, 0.1) is 25.9 Å². The monoisotopic (exact) mass is 558 g/mol. The third-order valence-electron chi connectivity index (χ3n) is 7.63. The zero-order chi connectivity index (χ0) is 28.5. The highest BCUT2D eigenvalue weighted by Gasteiger charge is 2.35. The van der Waals surface area contributed by atoms with E-state index in [2.05, 4.69) is 10.3 Å². The number of likely N-dealkylation sites (tertiary alicyclic amines) is 1. The number of carbonyl (C=O) groups excluding carboxylic acids is 2. The summed E-state index contributed by atoms with van der Waals surface area (Å²) in [4.78, 5) is 32.4. The highest BCUT2D eigenvalue weighted by atomic mass is 19.1. The molecule has 2 aliphatic rings. The highest BCUT2D eigenvalue weighted by molar-refractivity contribution is 5.93. The van der Waals surface area contributed by atoms with Crippen molar-refractivity contribution in [1.82, 2.24) is 19.6 Å². The van der Waals surface area contributed by atoms with Crippen LogP contribution in [0.4, 0.5) is 4.39 Å². The van der Waals surface area contributed by atoms with E-state index in [-0.39, 0.29) is 30.7 Å². The van der Waals surface area contributed by atoms with Gasteiger partial charge in [-0.1, -0.05) is 24.3 Å². The Kier molecular flexibility index (Phi) is 7.32. The van der Waals surface area contributed by atoms with Crippen LogP contribution in [0.15, 0.2) is 60.7 Å². The molecule has 4 heterocycles. The maximum atomic E-state index is 15.3. The molecule has 4 bridgehead atoms. The van der Waals surface area contributed by atoms with Crippen LogP contribution in [-0.2, 0) is 22.6 Å². The first-order valence-corrected chi connectivity index (χ1v) is 13.7. The number of carbonyl (C=O) groups is 2. The van der Waals surface area contributed by atoms with E-state index in [1.807, 2.05) is 42.5 Å². The van der Waals surface area contributed by atoms with E-state index in [1.165, 1.54) is 4.40 Å². The normalized spacial score (nSPS) is 19.4. The molecule has 0 saturated carbocycles. The summed E-state index contributed by atoms with van der Waals surface area (Å²) in [5.74, 6) is 0.444. The molecule has 4 aromatic rings. The Hall–Kier alpha value is -4.44. The summed E-state index contributed by atoms with van der Waals surface area (Å²) in [6.07, 6.45) is 0.849. The molecule has 2 amide bonds. The number of aryl methyl sites for hydroxylation is 2. The number of piperidine rings is 1. The molecule has 0 aliphatic carbocycles. The summed E-state index contributed by atoms with van der Waals surface area (Å²) in [6, 6.07) is 18.0. The van der Waals surface area contributed by atoms with Gasteiger partial charge in [-0.05, 0) is 67.3 Å². The standard InChI is InChI=1S/C31H31FN4O5/c1-19-5-3-8-27-34-29(30(32)36(19)27)31(38)35-14-13-24-23(17-35)33-28(37)12-10-20-9-11-25(39-2)26(16-20)41-22-7-4-6-21(15-22)18-40-24/h3-9,11,15-16,23-24H,10,12-14,17-18H2,1-2H3,(H,33,37)/t23-,24+/m0/s1. The van der Waals surface area contributed by atoms with Gasteiger partial charge in [0.25, 0.3) is 5.91 Å². The second-order valence-electron chi connectivity index (χ2n) is 10.4. The smallest absolute Gasteiger partial charge is 0.277 e. The van der Waals surface area contributed by atoms with Crippen LogP contribution in [0.3, 0.4) is 0 Å². The van der Waals surface area contributed by atoms with Crippen LogP contribution in [0, 0.1) is 12.9 Å². The Labute approximate surface area is 236 Å². The number of methoxy groups -OCH3 is 1. The van der Waals surface area contributed by atoms with Crippen LogP contribution in [-0.4, -0.2) is 58.4 Å². The van der Waals surface area contributed by atoms with Crippen LogP contribution < -0.4 is 14.8 Å². The molecule has 0 radical (unpaired) electrons. The first-order chi connectivity index (χ1) is 19.9. The quantitative estimate of drug-likeness (QED) is 0.391. The minimum absolute atomic E-state index is 0.166. The molecule has 2 aromatic carbocycles. The summed E-state index contributed by atoms with van der Waals surface area (Å²) in [5, 5.41) is 3.08. The number of nitrogens with zero attached hydrogens (tertiary/aromatic N) is 3. The molecule has 1 saturated heterocycles. The van der Waals surface area contributed by atoms with Gasteiger partial charge in [0.2, 0.25) is 11.9 Å². The van der Waals surface area contributed by atoms with Gasteiger partial charge < -0.3 is 24.4 Å². The van der Waals surface area contributed by atoms with Crippen LogP contribution in [0.25, 0.3) is 5.65 Å². The van der Waals surface area contributed by atoms with Crippen molar-refractivity contribution in [1.29, 1.82) is 0 Å². The zero-order valence-corrected chi connectivity index (χ0v) is 22.9.